The summed E-state index contributed by atoms with van der Waals surface area (Å²) in [6.07, 6.45) is 0. The van der Waals surface area contributed by atoms with E-state index in [4.69, 9.17) is 11.6 Å². The Morgan fingerprint density at radius 3 is 2.61 bits per heavy atom. The van der Waals surface area contributed by atoms with E-state index in [1.165, 1.54) is 6.07 Å². The highest BCUT2D eigenvalue weighted by molar-refractivity contribution is 6.19. The van der Waals surface area contributed by atoms with Crippen LogP contribution in [0.4, 0.5) is 4.39 Å². The molecule has 1 amide bonds. The maximum atomic E-state index is 13.4. The molecule has 1 atom stereocenters. The van der Waals surface area contributed by atoms with Crippen LogP contribution in [0.3, 0.4) is 0 Å². The number of amides is 1. The van der Waals surface area contributed by atoms with Gasteiger partial charge < -0.3 is 5.32 Å². The van der Waals surface area contributed by atoms with Crippen LogP contribution in [0, 0.1) is 18.2 Å². The molecule has 0 spiro atoms. The summed E-state index contributed by atoms with van der Waals surface area (Å²) < 4.78 is 13.4. The lowest BCUT2D eigenvalue weighted by Gasteiger charge is -2.24. The average Bonchev–Trinajstić information content (AvgIpc) is 2.32. The van der Waals surface area contributed by atoms with Crippen molar-refractivity contribution in [2.45, 2.75) is 33.7 Å². The van der Waals surface area contributed by atoms with Gasteiger partial charge in [0.05, 0.1) is 11.5 Å². The fraction of sp³-hybridized carbons (Fsp3) is 0.500. The van der Waals surface area contributed by atoms with Crippen molar-refractivity contribution in [2.75, 3.05) is 5.88 Å². The van der Waals surface area contributed by atoms with Crippen molar-refractivity contribution in [1.82, 2.24) is 5.32 Å². The standard InChI is InChI=1S/C14H19ClFNO/c1-9-5-6-11(7-12(9)16)10(2)17-13(18)14(3,4)8-15/h5-7,10H,8H2,1-4H3,(H,17,18). The molecule has 0 saturated heterocycles. The number of benzene rings is 1. The maximum absolute atomic E-state index is 13.4. The zero-order valence-electron chi connectivity index (χ0n) is 11.2. The minimum Gasteiger partial charge on any atom is -0.349 e. The van der Waals surface area contributed by atoms with Crippen LogP contribution in [0.2, 0.25) is 0 Å². The van der Waals surface area contributed by atoms with E-state index in [2.05, 4.69) is 5.32 Å². The molecule has 0 aromatic heterocycles. The third-order valence-electron chi connectivity index (χ3n) is 2.99. The molecule has 1 N–H and O–H groups in total. The lowest BCUT2D eigenvalue weighted by atomic mass is 9.94. The molecule has 0 fully saturated rings. The molecule has 18 heavy (non-hydrogen) atoms. The van der Waals surface area contributed by atoms with Gasteiger partial charge >= 0.3 is 0 Å². The third-order valence-corrected chi connectivity index (χ3v) is 3.66. The topological polar surface area (TPSA) is 29.1 Å². The molecule has 2 nitrogen and oxygen atoms in total. The Morgan fingerprint density at radius 2 is 2.11 bits per heavy atom. The van der Waals surface area contributed by atoms with Crippen LogP contribution >= 0.6 is 11.6 Å². The van der Waals surface area contributed by atoms with E-state index in [1.54, 1.807) is 26.8 Å². The number of hydrogen-bond donors (Lipinski definition) is 1. The van der Waals surface area contributed by atoms with Crippen LogP contribution in [0.25, 0.3) is 0 Å². The van der Waals surface area contributed by atoms with Crippen LogP contribution in [0.5, 0.6) is 0 Å². The van der Waals surface area contributed by atoms with Crippen LogP contribution in [-0.2, 0) is 4.79 Å². The van der Waals surface area contributed by atoms with Crippen molar-refractivity contribution < 1.29 is 9.18 Å². The Kier molecular flexibility index (Phi) is 4.74. The van der Waals surface area contributed by atoms with E-state index in [1.807, 2.05) is 13.0 Å². The lowest BCUT2D eigenvalue weighted by molar-refractivity contribution is -0.129. The van der Waals surface area contributed by atoms with E-state index in [0.717, 1.165) is 5.56 Å². The Labute approximate surface area is 113 Å². The molecule has 0 aliphatic carbocycles. The zero-order valence-corrected chi connectivity index (χ0v) is 11.9. The third kappa shape index (κ3) is 3.45. The van der Waals surface area contributed by atoms with E-state index >= 15 is 0 Å². The number of carbonyl (C=O) groups excluding carboxylic acids is 1. The highest BCUT2D eigenvalue weighted by Gasteiger charge is 2.27. The second-order valence-corrected chi connectivity index (χ2v) is 5.49. The second kappa shape index (κ2) is 5.70. The minimum absolute atomic E-state index is 0.133. The summed E-state index contributed by atoms with van der Waals surface area (Å²) in [6, 6.07) is 4.74. The van der Waals surface area contributed by atoms with Gasteiger partial charge in [-0.3, -0.25) is 4.79 Å². The first-order valence-electron chi connectivity index (χ1n) is 5.91. The molecule has 4 heteroatoms. The van der Waals surface area contributed by atoms with Crippen molar-refractivity contribution in [3.63, 3.8) is 0 Å². The van der Waals surface area contributed by atoms with Gasteiger partial charge in [-0.05, 0) is 44.9 Å². The first-order chi connectivity index (χ1) is 8.27. The monoisotopic (exact) mass is 271 g/mol. The molecular weight excluding hydrogens is 253 g/mol. The van der Waals surface area contributed by atoms with E-state index in [9.17, 15) is 9.18 Å². The van der Waals surface area contributed by atoms with Gasteiger partial charge in [0, 0.05) is 5.88 Å². The largest absolute Gasteiger partial charge is 0.349 e. The molecule has 0 heterocycles. The summed E-state index contributed by atoms with van der Waals surface area (Å²) in [4.78, 5) is 11.9. The number of carbonyl (C=O) groups is 1. The van der Waals surface area contributed by atoms with Gasteiger partial charge in [-0.15, -0.1) is 11.6 Å². The van der Waals surface area contributed by atoms with Crippen molar-refractivity contribution >= 4 is 17.5 Å². The van der Waals surface area contributed by atoms with Gasteiger partial charge in [0.2, 0.25) is 5.91 Å². The van der Waals surface area contributed by atoms with E-state index in [0.29, 0.717) is 5.56 Å². The minimum atomic E-state index is -0.626. The van der Waals surface area contributed by atoms with Gasteiger partial charge in [-0.1, -0.05) is 12.1 Å². The van der Waals surface area contributed by atoms with Crippen LogP contribution in [0.1, 0.15) is 37.9 Å². The molecule has 0 radical (unpaired) electrons. The van der Waals surface area contributed by atoms with Crippen molar-refractivity contribution in [3.05, 3.63) is 35.1 Å². The smallest absolute Gasteiger partial charge is 0.227 e. The molecule has 0 aliphatic rings. The summed E-state index contributed by atoms with van der Waals surface area (Å²) >= 11 is 5.74. The number of alkyl halides is 1. The van der Waals surface area contributed by atoms with Crippen molar-refractivity contribution in [2.24, 2.45) is 5.41 Å². The molecule has 1 aromatic carbocycles. The Hall–Kier alpha value is -1.09. The van der Waals surface area contributed by atoms with Crippen LogP contribution < -0.4 is 5.32 Å². The molecule has 0 bridgehead atoms. The summed E-state index contributed by atoms with van der Waals surface area (Å²) in [7, 11) is 0. The predicted octanol–water partition coefficient (Wildman–Crippen LogP) is 3.58. The fourth-order valence-electron chi connectivity index (χ4n) is 1.41. The molecule has 0 aliphatic heterocycles. The first-order valence-corrected chi connectivity index (χ1v) is 6.44. The molecular formula is C14H19ClFNO. The molecule has 100 valence electrons. The highest BCUT2D eigenvalue weighted by atomic mass is 35.5. The molecule has 1 rings (SSSR count). The fourth-order valence-corrected chi connectivity index (χ4v) is 1.54. The van der Waals surface area contributed by atoms with Gasteiger partial charge in [0.25, 0.3) is 0 Å². The van der Waals surface area contributed by atoms with Crippen molar-refractivity contribution in [1.29, 1.82) is 0 Å². The number of hydrogen-bond acceptors (Lipinski definition) is 1. The SMILES string of the molecule is Cc1ccc(C(C)NC(=O)C(C)(C)CCl)cc1F. The van der Waals surface area contributed by atoms with Crippen LogP contribution in [0.15, 0.2) is 18.2 Å². The summed E-state index contributed by atoms with van der Waals surface area (Å²) in [6.45, 7) is 7.08. The number of halogens is 2. The molecule has 1 unspecified atom stereocenters. The normalized spacial score (nSPS) is 13.2. The number of nitrogens with one attached hydrogen (secondary N) is 1. The lowest BCUT2D eigenvalue weighted by Crippen LogP contribution is -2.39. The highest BCUT2D eigenvalue weighted by Crippen LogP contribution is 2.21. The van der Waals surface area contributed by atoms with Gasteiger partial charge in [-0.2, -0.15) is 0 Å². The summed E-state index contributed by atoms with van der Waals surface area (Å²) in [5.41, 5.74) is 0.717. The summed E-state index contributed by atoms with van der Waals surface area (Å²) in [5.74, 6) is -0.149. The zero-order chi connectivity index (χ0) is 13.9. The quantitative estimate of drug-likeness (QED) is 0.834. The van der Waals surface area contributed by atoms with E-state index in [-0.39, 0.29) is 23.6 Å². The van der Waals surface area contributed by atoms with Crippen molar-refractivity contribution in [3.8, 4) is 0 Å². The molecule has 0 saturated carbocycles. The first kappa shape index (κ1) is 15.0. The van der Waals surface area contributed by atoms with Crippen LogP contribution in [-0.4, -0.2) is 11.8 Å². The van der Waals surface area contributed by atoms with E-state index < -0.39 is 5.41 Å². The average molecular weight is 272 g/mol. The number of aryl methyl sites for hydroxylation is 1. The molecule has 1 aromatic rings. The number of rotatable bonds is 4. The second-order valence-electron chi connectivity index (χ2n) is 5.22. The predicted molar refractivity (Wildman–Crippen MR) is 72.2 cm³/mol. The summed E-state index contributed by atoms with van der Waals surface area (Å²) in [5, 5.41) is 2.84. The maximum Gasteiger partial charge on any atom is 0.227 e. The Balaban J connectivity index is 2.79. The Morgan fingerprint density at radius 1 is 1.50 bits per heavy atom. The Bertz CT molecular complexity index is 445. The van der Waals surface area contributed by atoms with Gasteiger partial charge in [-0.25, -0.2) is 4.39 Å². The van der Waals surface area contributed by atoms with Gasteiger partial charge in [0.1, 0.15) is 5.82 Å². The van der Waals surface area contributed by atoms with Gasteiger partial charge in [0.15, 0.2) is 0 Å².